The highest BCUT2D eigenvalue weighted by molar-refractivity contribution is 5.43. The lowest BCUT2D eigenvalue weighted by Crippen LogP contribution is -2.54. The molecule has 0 spiro atoms. The monoisotopic (exact) mass is 278 g/mol. The molecule has 104 valence electrons. The molecule has 0 bridgehead atoms. The van der Waals surface area contributed by atoms with Gasteiger partial charge in [-0.05, 0) is 6.07 Å². The van der Waals surface area contributed by atoms with Crippen molar-refractivity contribution in [1.82, 2.24) is 0 Å². The van der Waals surface area contributed by atoms with E-state index in [4.69, 9.17) is 5.73 Å². The van der Waals surface area contributed by atoms with E-state index in [1.165, 1.54) is 0 Å². The highest BCUT2D eigenvalue weighted by Crippen LogP contribution is 2.54. The van der Waals surface area contributed by atoms with Gasteiger partial charge in [-0.3, -0.25) is 10.1 Å². The van der Waals surface area contributed by atoms with E-state index in [1.54, 1.807) is 0 Å². The van der Waals surface area contributed by atoms with Gasteiger partial charge in [0.2, 0.25) is 11.7 Å². The third-order valence-corrected chi connectivity index (χ3v) is 3.38. The van der Waals surface area contributed by atoms with Crippen molar-refractivity contribution in [2.75, 3.05) is 6.54 Å². The molecule has 19 heavy (non-hydrogen) atoms. The van der Waals surface area contributed by atoms with Crippen molar-refractivity contribution in [2.45, 2.75) is 24.2 Å². The fourth-order valence-electron chi connectivity index (χ4n) is 2.53. The van der Waals surface area contributed by atoms with E-state index in [0.717, 1.165) is 0 Å². The van der Waals surface area contributed by atoms with Crippen LogP contribution in [0.2, 0.25) is 0 Å². The van der Waals surface area contributed by atoms with Gasteiger partial charge in [0, 0.05) is 36.4 Å². The largest absolute Gasteiger partial charge is 0.330 e. The third kappa shape index (κ3) is 2.05. The van der Waals surface area contributed by atoms with E-state index in [1.807, 2.05) is 0 Å². The van der Waals surface area contributed by atoms with Crippen molar-refractivity contribution in [3.05, 3.63) is 39.4 Å². The zero-order chi connectivity index (χ0) is 14.4. The van der Waals surface area contributed by atoms with Crippen LogP contribution in [0.25, 0.3) is 0 Å². The minimum absolute atomic E-state index is 0.405. The second-order valence-corrected chi connectivity index (χ2v) is 4.71. The molecule has 1 saturated carbocycles. The molecule has 0 aliphatic heterocycles. The first kappa shape index (κ1) is 13.7. The second kappa shape index (κ2) is 4.16. The number of nitrogens with two attached hydrogens (primary N) is 1. The minimum Gasteiger partial charge on any atom is -0.330 e. The smallest absolute Gasteiger partial charge is 0.305 e. The first-order chi connectivity index (χ1) is 8.72. The highest BCUT2D eigenvalue weighted by Gasteiger charge is 2.59. The average Bonchev–Trinajstić information content (AvgIpc) is 2.25. The minimum atomic E-state index is -3.05. The molecule has 0 amide bonds. The van der Waals surface area contributed by atoms with Crippen molar-refractivity contribution in [1.29, 1.82) is 0 Å². The number of halogens is 4. The van der Waals surface area contributed by atoms with Crippen LogP contribution in [0, 0.1) is 21.7 Å². The summed E-state index contributed by atoms with van der Waals surface area (Å²) in [5.74, 6) is -5.57. The quantitative estimate of drug-likeness (QED) is 0.524. The SMILES string of the molecule is NCC1(c2c(F)ccc([N+](=O)[O-])c2F)CC(F)(F)C1. The normalized spacial score (nSPS) is 19.8. The topological polar surface area (TPSA) is 69.2 Å². The molecular weight excluding hydrogens is 268 g/mol. The van der Waals surface area contributed by atoms with E-state index in [9.17, 15) is 27.7 Å². The average molecular weight is 278 g/mol. The summed E-state index contributed by atoms with van der Waals surface area (Å²) in [6.07, 6.45) is -1.63. The lowest BCUT2D eigenvalue weighted by molar-refractivity contribution is -0.387. The Labute approximate surface area is 105 Å². The van der Waals surface area contributed by atoms with Gasteiger partial charge in [-0.1, -0.05) is 0 Å². The zero-order valence-electron chi connectivity index (χ0n) is 9.63. The van der Waals surface area contributed by atoms with Crippen LogP contribution >= 0.6 is 0 Å². The van der Waals surface area contributed by atoms with Crippen LogP contribution in [0.5, 0.6) is 0 Å². The highest BCUT2D eigenvalue weighted by atomic mass is 19.3. The number of hydrogen-bond acceptors (Lipinski definition) is 3. The fraction of sp³-hybridized carbons (Fsp3) is 0.455. The summed E-state index contributed by atoms with van der Waals surface area (Å²) in [5.41, 5.74) is 2.11. The molecule has 0 aromatic heterocycles. The first-order valence-electron chi connectivity index (χ1n) is 5.43. The summed E-state index contributed by atoms with van der Waals surface area (Å²) >= 11 is 0. The number of nitrogens with zero attached hydrogens (tertiary/aromatic N) is 1. The number of hydrogen-bond donors (Lipinski definition) is 1. The Morgan fingerprint density at radius 2 is 1.89 bits per heavy atom. The summed E-state index contributed by atoms with van der Waals surface area (Å²) in [6.45, 7) is -0.405. The Bertz CT molecular complexity index is 540. The van der Waals surface area contributed by atoms with Crippen LogP contribution in [-0.2, 0) is 5.41 Å². The summed E-state index contributed by atoms with van der Waals surface area (Å²) in [4.78, 5) is 9.57. The Hall–Kier alpha value is -1.70. The maximum atomic E-state index is 14.0. The molecule has 0 atom stereocenters. The lowest BCUT2D eigenvalue weighted by atomic mass is 9.61. The predicted octanol–water partition coefficient (Wildman–Crippen LogP) is 2.50. The number of benzene rings is 1. The first-order valence-corrected chi connectivity index (χ1v) is 5.43. The molecule has 1 aromatic carbocycles. The van der Waals surface area contributed by atoms with Gasteiger partial charge in [-0.15, -0.1) is 0 Å². The van der Waals surface area contributed by atoms with Crippen LogP contribution in [0.3, 0.4) is 0 Å². The van der Waals surface area contributed by atoms with Crippen LogP contribution < -0.4 is 5.73 Å². The number of alkyl halides is 2. The van der Waals surface area contributed by atoms with Gasteiger partial charge in [0.25, 0.3) is 0 Å². The van der Waals surface area contributed by atoms with Crippen molar-refractivity contribution in [3.63, 3.8) is 0 Å². The lowest BCUT2D eigenvalue weighted by Gasteiger charge is -2.47. The molecule has 1 aliphatic carbocycles. The van der Waals surface area contributed by atoms with Crippen molar-refractivity contribution in [2.24, 2.45) is 5.73 Å². The molecule has 0 radical (unpaired) electrons. The maximum absolute atomic E-state index is 14.0. The predicted molar refractivity (Wildman–Crippen MR) is 57.9 cm³/mol. The molecule has 1 aliphatic rings. The van der Waals surface area contributed by atoms with Crippen molar-refractivity contribution >= 4 is 5.69 Å². The van der Waals surface area contributed by atoms with E-state index < -0.39 is 58.5 Å². The van der Waals surface area contributed by atoms with E-state index in [0.29, 0.717) is 12.1 Å². The van der Waals surface area contributed by atoms with Crippen molar-refractivity contribution < 1.29 is 22.5 Å². The van der Waals surface area contributed by atoms with Crippen LogP contribution in [0.4, 0.5) is 23.2 Å². The Morgan fingerprint density at radius 3 is 2.32 bits per heavy atom. The molecule has 1 aromatic rings. The molecule has 4 nitrogen and oxygen atoms in total. The van der Waals surface area contributed by atoms with Crippen molar-refractivity contribution in [3.8, 4) is 0 Å². The van der Waals surface area contributed by atoms with Gasteiger partial charge in [0.05, 0.1) is 4.92 Å². The molecule has 0 saturated heterocycles. The maximum Gasteiger partial charge on any atom is 0.305 e. The standard InChI is InChI=1S/C11H10F4N2O2/c12-6-1-2-7(17(18)19)9(13)8(6)10(5-16)3-11(14,15)4-10/h1-2H,3-5,16H2. The van der Waals surface area contributed by atoms with Crippen LogP contribution in [0.1, 0.15) is 18.4 Å². The van der Waals surface area contributed by atoms with Crippen LogP contribution in [-0.4, -0.2) is 17.4 Å². The Morgan fingerprint density at radius 1 is 1.32 bits per heavy atom. The van der Waals surface area contributed by atoms with Gasteiger partial charge in [-0.2, -0.15) is 4.39 Å². The van der Waals surface area contributed by atoms with Crippen LogP contribution in [0.15, 0.2) is 12.1 Å². The molecule has 8 heteroatoms. The van der Waals surface area contributed by atoms with E-state index >= 15 is 0 Å². The number of rotatable bonds is 3. The Kier molecular flexibility index (Phi) is 3.00. The zero-order valence-corrected chi connectivity index (χ0v) is 9.63. The second-order valence-electron chi connectivity index (χ2n) is 4.71. The third-order valence-electron chi connectivity index (χ3n) is 3.38. The van der Waals surface area contributed by atoms with Gasteiger partial charge in [0.1, 0.15) is 5.82 Å². The van der Waals surface area contributed by atoms with E-state index in [2.05, 4.69) is 0 Å². The van der Waals surface area contributed by atoms with Gasteiger partial charge < -0.3 is 5.73 Å². The number of nitro benzene ring substituents is 1. The van der Waals surface area contributed by atoms with Gasteiger partial charge >= 0.3 is 5.69 Å². The molecule has 1 fully saturated rings. The van der Waals surface area contributed by atoms with Gasteiger partial charge in [-0.25, -0.2) is 13.2 Å². The summed E-state index contributed by atoms with van der Waals surface area (Å²) in [7, 11) is 0. The molecule has 2 N–H and O–H groups in total. The molecule has 0 unspecified atom stereocenters. The molecule has 0 heterocycles. The number of nitro groups is 1. The van der Waals surface area contributed by atoms with E-state index in [-0.39, 0.29) is 0 Å². The van der Waals surface area contributed by atoms with Gasteiger partial charge in [0.15, 0.2) is 0 Å². The Balaban J connectivity index is 2.56. The molecule has 2 rings (SSSR count). The summed E-state index contributed by atoms with van der Waals surface area (Å²) in [6, 6.07) is 1.36. The summed E-state index contributed by atoms with van der Waals surface area (Å²) in [5, 5.41) is 10.6. The summed E-state index contributed by atoms with van der Waals surface area (Å²) < 4.78 is 53.6. The molecular formula is C11H10F4N2O2. The fourth-order valence-corrected chi connectivity index (χ4v) is 2.53.